The summed E-state index contributed by atoms with van der Waals surface area (Å²) >= 11 is 3.37. The highest BCUT2D eigenvalue weighted by Crippen LogP contribution is 2.29. The predicted molar refractivity (Wildman–Crippen MR) is 76.2 cm³/mol. The van der Waals surface area contributed by atoms with Crippen molar-refractivity contribution in [2.75, 3.05) is 0 Å². The van der Waals surface area contributed by atoms with E-state index in [2.05, 4.69) is 32.3 Å². The van der Waals surface area contributed by atoms with Crippen molar-refractivity contribution in [3.63, 3.8) is 0 Å². The molecule has 1 unspecified atom stereocenters. The molecule has 4 heteroatoms. The zero-order valence-corrected chi connectivity index (χ0v) is 12.0. The number of aryl methyl sites for hydroxylation is 1. The van der Waals surface area contributed by atoms with Crippen LogP contribution in [-0.4, -0.2) is 4.98 Å². The molecule has 19 heavy (non-hydrogen) atoms. The Balaban J connectivity index is 1.72. The van der Waals surface area contributed by atoms with E-state index in [-0.39, 0.29) is 11.9 Å². The first-order valence-corrected chi connectivity index (χ1v) is 7.14. The summed E-state index contributed by atoms with van der Waals surface area (Å²) in [5, 5.41) is 3.40. The van der Waals surface area contributed by atoms with E-state index in [9.17, 15) is 4.39 Å². The SMILES string of the molecule is Fc1ccc(Br)cc1CNC1CCc2cccnc21. The Morgan fingerprint density at radius 1 is 1.37 bits per heavy atom. The van der Waals surface area contributed by atoms with Crippen LogP contribution in [-0.2, 0) is 13.0 Å². The third-order valence-corrected chi connectivity index (χ3v) is 4.00. The topological polar surface area (TPSA) is 24.9 Å². The van der Waals surface area contributed by atoms with Gasteiger partial charge in [-0.25, -0.2) is 4.39 Å². The van der Waals surface area contributed by atoms with Gasteiger partial charge in [0, 0.05) is 22.8 Å². The summed E-state index contributed by atoms with van der Waals surface area (Å²) in [5.41, 5.74) is 3.09. The molecule has 1 heterocycles. The van der Waals surface area contributed by atoms with Crippen LogP contribution in [0.15, 0.2) is 41.0 Å². The van der Waals surface area contributed by atoms with Crippen LogP contribution >= 0.6 is 15.9 Å². The van der Waals surface area contributed by atoms with E-state index in [0.29, 0.717) is 12.1 Å². The van der Waals surface area contributed by atoms with Crippen molar-refractivity contribution >= 4 is 15.9 Å². The Bertz CT molecular complexity index is 600. The number of pyridine rings is 1. The number of hydrogen-bond donors (Lipinski definition) is 1. The Hall–Kier alpha value is -1.26. The van der Waals surface area contributed by atoms with E-state index in [0.717, 1.165) is 23.0 Å². The van der Waals surface area contributed by atoms with Crippen molar-refractivity contribution in [3.05, 3.63) is 63.6 Å². The van der Waals surface area contributed by atoms with E-state index < -0.39 is 0 Å². The summed E-state index contributed by atoms with van der Waals surface area (Å²) < 4.78 is 14.6. The molecule has 0 amide bonds. The molecule has 0 saturated heterocycles. The van der Waals surface area contributed by atoms with Crippen LogP contribution in [0.25, 0.3) is 0 Å². The molecule has 1 aromatic carbocycles. The summed E-state index contributed by atoms with van der Waals surface area (Å²) in [5.74, 6) is -0.171. The van der Waals surface area contributed by atoms with Crippen LogP contribution in [0.2, 0.25) is 0 Å². The molecule has 0 radical (unpaired) electrons. The van der Waals surface area contributed by atoms with Crippen molar-refractivity contribution in [3.8, 4) is 0 Å². The molecule has 1 aliphatic carbocycles. The van der Waals surface area contributed by atoms with E-state index in [4.69, 9.17) is 0 Å². The van der Waals surface area contributed by atoms with Crippen LogP contribution in [0, 0.1) is 5.82 Å². The highest BCUT2D eigenvalue weighted by Gasteiger charge is 2.23. The summed E-state index contributed by atoms with van der Waals surface area (Å²) in [6, 6.07) is 9.33. The largest absolute Gasteiger partial charge is 0.304 e. The van der Waals surface area contributed by atoms with Crippen molar-refractivity contribution in [2.24, 2.45) is 0 Å². The fourth-order valence-corrected chi connectivity index (χ4v) is 2.93. The van der Waals surface area contributed by atoms with Gasteiger partial charge in [-0.3, -0.25) is 4.98 Å². The van der Waals surface area contributed by atoms with Gasteiger partial charge in [0.1, 0.15) is 5.82 Å². The normalized spacial score (nSPS) is 17.5. The van der Waals surface area contributed by atoms with Gasteiger partial charge < -0.3 is 5.32 Å². The number of aromatic nitrogens is 1. The Labute approximate surface area is 120 Å². The molecule has 98 valence electrons. The molecule has 2 nitrogen and oxygen atoms in total. The van der Waals surface area contributed by atoms with Crippen LogP contribution in [0.1, 0.15) is 29.3 Å². The summed E-state index contributed by atoms with van der Waals surface area (Å²) in [6.45, 7) is 0.520. The maximum Gasteiger partial charge on any atom is 0.127 e. The van der Waals surface area contributed by atoms with Gasteiger partial charge in [-0.1, -0.05) is 22.0 Å². The third kappa shape index (κ3) is 2.69. The molecule has 0 aliphatic heterocycles. The van der Waals surface area contributed by atoms with Gasteiger partial charge in [0.15, 0.2) is 0 Å². The monoisotopic (exact) mass is 320 g/mol. The average molecular weight is 321 g/mol. The van der Waals surface area contributed by atoms with Crippen molar-refractivity contribution in [2.45, 2.75) is 25.4 Å². The minimum absolute atomic E-state index is 0.171. The average Bonchev–Trinajstić information content (AvgIpc) is 2.83. The van der Waals surface area contributed by atoms with Crippen LogP contribution in [0.5, 0.6) is 0 Å². The number of halogens is 2. The number of hydrogen-bond acceptors (Lipinski definition) is 2. The summed E-state index contributed by atoms with van der Waals surface area (Å²) in [4.78, 5) is 4.43. The smallest absolute Gasteiger partial charge is 0.127 e. The Morgan fingerprint density at radius 2 is 2.26 bits per heavy atom. The summed E-state index contributed by atoms with van der Waals surface area (Å²) in [6.07, 6.45) is 3.89. The molecule has 3 rings (SSSR count). The van der Waals surface area contributed by atoms with Gasteiger partial charge in [0.2, 0.25) is 0 Å². The zero-order valence-electron chi connectivity index (χ0n) is 10.4. The number of benzene rings is 1. The first kappa shape index (κ1) is 12.8. The Kier molecular flexibility index (Phi) is 3.62. The zero-order chi connectivity index (χ0) is 13.2. The summed E-state index contributed by atoms with van der Waals surface area (Å²) in [7, 11) is 0. The van der Waals surface area contributed by atoms with Gasteiger partial charge in [0.25, 0.3) is 0 Å². The first-order chi connectivity index (χ1) is 9.24. The van der Waals surface area contributed by atoms with Gasteiger partial charge in [-0.15, -0.1) is 0 Å². The number of rotatable bonds is 3. The molecule has 2 aromatic rings. The van der Waals surface area contributed by atoms with Gasteiger partial charge >= 0.3 is 0 Å². The molecular weight excluding hydrogens is 307 g/mol. The van der Waals surface area contributed by atoms with E-state index in [1.165, 1.54) is 11.6 Å². The lowest BCUT2D eigenvalue weighted by Gasteiger charge is -2.13. The first-order valence-electron chi connectivity index (χ1n) is 6.35. The maximum atomic E-state index is 13.7. The lowest BCUT2D eigenvalue weighted by atomic mass is 10.1. The van der Waals surface area contributed by atoms with E-state index >= 15 is 0 Å². The fraction of sp³-hybridized carbons (Fsp3) is 0.267. The number of nitrogens with one attached hydrogen (secondary N) is 1. The van der Waals surface area contributed by atoms with E-state index in [1.54, 1.807) is 6.07 Å². The standard InChI is InChI=1S/C15H14BrFN2/c16-12-4-5-13(17)11(8-12)9-19-14-6-3-10-2-1-7-18-15(10)14/h1-2,4-5,7-8,14,19H,3,6,9H2. The quantitative estimate of drug-likeness (QED) is 0.931. The lowest BCUT2D eigenvalue weighted by Crippen LogP contribution is -2.20. The molecule has 0 fully saturated rings. The molecule has 1 aromatic heterocycles. The molecule has 0 saturated carbocycles. The highest BCUT2D eigenvalue weighted by molar-refractivity contribution is 9.10. The lowest BCUT2D eigenvalue weighted by molar-refractivity contribution is 0.506. The minimum atomic E-state index is -0.171. The number of nitrogens with zero attached hydrogens (tertiary/aromatic N) is 1. The minimum Gasteiger partial charge on any atom is -0.304 e. The molecule has 1 N–H and O–H groups in total. The van der Waals surface area contributed by atoms with Gasteiger partial charge in [-0.2, -0.15) is 0 Å². The second-order valence-electron chi connectivity index (χ2n) is 4.76. The highest BCUT2D eigenvalue weighted by atomic mass is 79.9. The van der Waals surface area contributed by atoms with Crippen molar-refractivity contribution < 1.29 is 4.39 Å². The second kappa shape index (κ2) is 5.39. The van der Waals surface area contributed by atoms with Crippen molar-refractivity contribution in [1.29, 1.82) is 0 Å². The second-order valence-corrected chi connectivity index (χ2v) is 5.67. The fourth-order valence-electron chi connectivity index (χ4n) is 2.52. The van der Waals surface area contributed by atoms with Crippen LogP contribution in [0.4, 0.5) is 4.39 Å². The van der Waals surface area contributed by atoms with Gasteiger partial charge in [-0.05, 0) is 42.7 Å². The Morgan fingerprint density at radius 3 is 3.16 bits per heavy atom. The predicted octanol–water partition coefficient (Wildman–Crippen LogP) is 3.76. The maximum absolute atomic E-state index is 13.7. The molecule has 1 aliphatic rings. The molecule has 1 atom stereocenters. The van der Waals surface area contributed by atoms with Crippen LogP contribution < -0.4 is 5.32 Å². The van der Waals surface area contributed by atoms with Crippen LogP contribution in [0.3, 0.4) is 0 Å². The molecule has 0 spiro atoms. The van der Waals surface area contributed by atoms with E-state index in [1.807, 2.05) is 18.3 Å². The molecular formula is C15H14BrFN2. The van der Waals surface area contributed by atoms with Crippen molar-refractivity contribution in [1.82, 2.24) is 10.3 Å². The van der Waals surface area contributed by atoms with Gasteiger partial charge in [0.05, 0.1) is 11.7 Å². The molecule has 0 bridgehead atoms. The number of fused-ring (bicyclic) bond motifs is 1. The third-order valence-electron chi connectivity index (χ3n) is 3.51.